The zero-order valence-electron chi connectivity index (χ0n) is 12.8. The third kappa shape index (κ3) is 6.42. The average Bonchev–Trinajstić information content (AvgIpc) is 3.06. The molecule has 0 aliphatic heterocycles. The van der Waals surface area contributed by atoms with Crippen molar-refractivity contribution in [3.05, 3.63) is 51.1 Å². The predicted octanol–water partition coefficient (Wildman–Crippen LogP) is 3.20. The summed E-state index contributed by atoms with van der Waals surface area (Å²) in [5.74, 6) is 0.653. The maximum absolute atomic E-state index is 11.9. The van der Waals surface area contributed by atoms with Crippen molar-refractivity contribution < 1.29 is 4.79 Å². The summed E-state index contributed by atoms with van der Waals surface area (Å²) in [6.45, 7) is 1.24. The Morgan fingerprint density at radius 2 is 2.00 bits per heavy atom. The van der Waals surface area contributed by atoms with Gasteiger partial charge in [-0.3, -0.25) is 9.79 Å². The third-order valence-electron chi connectivity index (χ3n) is 3.04. The molecule has 0 saturated heterocycles. The molecule has 2 rings (SSSR count). The molecule has 0 fully saturated rings. The summed E-state index contributed by atoms with van der Waals surface area (Å²) in [6.07, 6.45) is 0.370. The number of thiophene rings is 1. The van der Waals surface area contributed by atoms with Crippen molar-refractivity contribution >= 4 is 44.8 Å². The van der Waals surface area contributed by atoms with Gasteiger partial charge in [-0.2, -0.15) is 11.3 Å². The topological polar surface area (TPSA) is 65.5 Å². The van der Waals surface area contributed by atoms with Gasteiger partial charge in [-0.1, -0.05) is 15.9 Å². The molecule has 0 saturated carbocycles. The van der Waals surface area contributed by atoms with Crippen molar-refractivity contribution in [2.75, 3.05) is 18.9 Å². The molecule has 0 aliphatic rings. The van der Waals surface area contributed by atoms with Gasteiger partial charge < -0.3 is 16.0 Å². The summed E-state index contributed by atoms with van der Waals surface area (Å²) in [5, 5.41) is 13.3. The molecule has 0 atom stereocenters. The fourth-order valence-electron chi connectivity index (χ4n) is 1.85. The Kier molecular flexibility index (Phi) is 7.09. The maximum atomic E-state index is 11.9. The van der Waals surface area contributed by atoms with E-state index in [0.29, 0.717) is 25.5 Å². The Hall–Kier alpha value is -1.86. The van der Waals surface area contributed by atoms with Crippen molar-refractivity contribution in [3.8, 4) is 0 Å². The van der Waals surface area contributed by atoms with E-state index in [-0.39, 0.29) is 5.91 Å². The molecule has 3 N–H and O–H groups in total. The largest absolute Gasteiger partial charge is 0.356 e. The Morgan fingerprint density at radius 1 is 1.22 bits per heavy atom. The Bertz CT molecular complexity index is 641. The minimum absolute atomic E-state index is 0.0342. The molecule has 7 heteroatoms. The molecule has 0 unspecified atom stereocenters. The first-order chi connectivity index (χ1) is 11.2. The lowest BCUT2D eigenvalue weighted by Crippen LogP contribution is -2.38. The monoisotopic (exact) mass is 394 g/mol. The number of halogens is 1. The van der Waals surface area contributed by atoms with E-state index in [0.717, 1.165) is 10.2 Å². The minimum Gasteiger partial charge on any atom is -0.356 e. The number of nitrogens with one attached hydrogen (secondary N) is 3. The molecule has 0 spiro atoms. The van der Waals surface area contributed by atoms with E-state index in [4.69, 9.17) is 0 Å². The SMILES string of the molecule is CN=C(NCCC(=O)Nc1ccc(Br)cc1)NCc1ccsc1. The molecule has 5 nitrogen and oxygen atoms in total. The van der Waals surface area contributed by atoms with Crippen LogP contribution < -0.4 is 16.0 Å². The number of hydrogen-bond acceptors (Lipinski definition) is 3. The quantitative estimate of drug-likeness (QED) is 0.520. The van der Waals surface area contributed by atoms with Gasteiger partial charge in [0.2, 0.25) is 5.91 Å². The lowest BCUT2D eigenvalue weighted by molar-refractivity contribution is -0.116. The highest BCUT2D eigenvalue weighted by Gasteiger charge is 2.04. The van der Waals surface area contributed by atoms with E-state index in [2.05, 4.69) is 48.3 Å². The molecule has 1 aromatic heterocycles. The second-order valence-electron chi connectivity index (χ2n) is 4.79. The van der Waals surface area contributed by atoms with Crippen LogP contribution in [-0.4, -0.2) is 25.5 Å². The molecule has 0 radical (unpaired) electrons. The van der Waals surface area contributed by atoms with Crippen LogP contribution in [0, 0.1) is 0 Å². The maximum Gasteiger partial charge on any atom is 0.226 e. The van der Waals surface area contributed by atoms with Crippen molar-refractivity contribution in [2.45, 2.75) is 13.0 Å². The Morgan fingerprint density at radius 3 is 2.65 bits per heavy atom. The van der Waals surface area contributed by atoms with E-state index >= 15 is 0 Å². The molecule has 1 heterocycles. The lowest BCUT2D eigenvalue weighted by Gasteiger charge is -2.11. The number of carbonyl (C=O) groups is 1. The number of benzene rings is 1. The number of amides is 1. The summed E-state index contributed by atoms with van der Waals surface area (Å²) in [4.78, 5) is 16.0. The van der Waals surface area contributed by atoms with Crippen LogP contribution >= 0.6 is 27.3 Å². The average molecular weight is 395 g/mol. The van der Waals surface area contributed by atoms with Crippen LogP contribution in [0.25, 0.3) is 0 Å². The van der Waals surface area contributed by atoms with E-state index in [1.807, 2.05) is 29.6 Å². The highest BCUT2D eigenvalue weighted by atomic mass is 79.9. The highest BCUT2D eigenvalue weighted by Crippen LogP contribution is 2.14. The number of hydrogen-bond donors (Lipinski definition) is 3. The lowest BCUT2D eigenvalue weighted by atomic mass is 10.3. The fraction of sp³-hybridized carbons (Fsp3) is 0.250. The molecule has 1 aromatic carbocycles. The first-order valence-corrected chi connectivity index (χ1v) is 8.92. The molecule has 1 amide bonds. The number of anilines is 1. The van der Waals surface area contributed by atoms with E-state index < -0.39 is 0 Å². The van der Waals surface area contributed by atoms with Crippen molar-refractivity contribution in [1.29, 1.82) is 0 Å². The van der Waals surface area contributed by atoms with Crippen molar-refractivity contribution in [3.63, 3.8) is 0 Å². The van der Waals surface area contributed by atoms with Crippen LogP contribution in [0.5, 0.6) is 0 Å². The standard InChI is InChI=1S/C16H19BrN4OS/c1-18-16(20-10-12-7-9-23-11-12)19-8-6-15(22)21-14-4-2-13(17)3-5-14/h2-5,7,9,11H,6,8,10H2,1H3,(H,21,22)(H2,18,19,20). The van der Waals surface area contributed by atoms with Crippen LogP contribution in [-0.2, 0) is 11.3 Å². The van der Waals surface area contributed by atoms with Crippen LogP contribution in [0.1, 0.15) is 12.0 Å². The van der Waals surface area contributed by atoms with Gasteiger partial charge in [0.05, 0.1) is 0 Å². The highest BCUT2D eigenvalue weighted by molar-refractivity contribution is 9.10. The third-order valence-corrected chi connectivity index (χ3v) is 4.30. The van der Waals surface area contributed by atoms with Crippen LogP contribution in [0.2, 0.25) is 0 Å². The fourth-order valence-corrected chi connectivity index (χ4v) is 2.78. The van der Waals surface area contributed by atoms with Gasteiger partial charge in [0, 0.05) is 36.7 Å². The van der Waals surface area contributed by atoms with Crippen LogP contribution in [0.4, 0.5) is 5.69 Å². The van der Waals surface area contributed by atoms with Gasteiger partial charge in [0.15, 0.2) is 5.96 Å². The predicted molar refractivity (Wildman–Crippen MR) is 99.9 cm³/mol. The first kappa shape index (κ1) is 17.5. The Labute approximate surface area is 148 Å². The number of carbonyl (C=O) groups excluding carboxylic acids is 1. The van der Waals surface area contributed by atoms with Gasteiger partial charge in [-0.05, 0) is 46.7 Å². The van der Waals surface area contributed by atoms with Crippen LogP contribution in [0.3, 0.4) is 0 Å². The van der Waals surface area contributed by atoms with E-state index in [9.17, 15) is 4.79 Å². The zero-order valence-corrected chi connectivity index (χ0v) is 15.2. The van der Waals surface area contributed by atoms with Crippen molar-refractivity contribution in [2.24, 2.45) is 4.99 Å². The van der Waals surface area contributed by atoms with Crippen LogP contribution in [0.15, 0.2) is 50.6 Å². The van der Waals surface area contributed by atoms with E-state index in [1.54, 1.807) is 18.4 Å². The first-order valence-electron chi connectivity index (χ1n) is 7.18. The summed E-state index contributed by atoms with van der Waals surface area (Å²) in [5.41, 5.74) is 2.00. The molecule has 0 bridgehead atoms. The summed E-state index contributed by atoms with van der Waals surface area (Å²) in [7, 11) is 1.71. The second kappa shape index (κ2) is 9.32. The van der Waals surface area contributed by atoms with Gasteiger partial charge in [0.1, 0.15) is 0 Å². The molecular weight excluding hydrogens is 376 g/mol. The van der Waals surface area contributed by atoms with Gasteiger partial charge in [0.25, 0.3) is 0 Å². The van der Waals surface area contributed by atoms with Gasteiger partial charge >= 0.3 is 0 Å². The van der Waals surface area contributed by atoms with Gasteiger partial charge in [-0.15, -0.1) is 0 Å². The number of rotatable bonds is 6. The number of nitrogens with zero attached hydrogens (tertiary/aromatic N) is 1. The van der Waals surface area contributed by atoms with E-state index in [1.165, 1.54) is 5.56 Å². The zero-order chi connectivity index (χ0) is 16.5. The minimum atomic E-state index is -0.0342. The Balaban J connectivity index is 1.68. The summed E-state index contributed by atoms with van der Waals surface area (Å²) < 4.78 is 0.984. The smallest absolute Gasteiger partial charge is 0.226 e. The molecule has 2 aromatic rings. The molecule has 0 aliphatic carbocycles. The summed E-state index contributed by atoms with van der Waals surface area (Å²) in [6, 6.07) is 9.57. The van der Waals surface area contributed by atoms with Gasteiger partial charge in [-0.25, -0.2) is 0 Å². The molecular formula is C16H19BrN4OS. The number of guanidine groups is 1. The molecule has 23 heavy (non-hydrogen) atoms. The summed E-state index contributed by atoms with van der Waals surface area (Å²) >= 11 is 5.03. The number of aliphatic imine (C=N–C) groups is 1. The second-order valence-corrected chi connectivity index (χ2v) is 6.48. The normalized spacial score (nSPS) is 11.1. The molecule has 122 valence electrons. The van der Waals surface area contributed by atoms with Crippen molar-refractivity contribution in [1.82, 2.24) is 10.6 Å².